The lowest BCUT2D eigenvalue weighted by molar-refractivity contribution is 0.0716. The fraction of sp³-hybridized carbons (Fsp3) is 0.318. The molecule has 3 heterocycles. The first kappa shape index (κ1) is 18.2. The van der Waals surface area contributed by atoms with Crippen molar-refractivity contribution in [1.82, 2.24) is 14.5 Å². The van der Waals surface area contributed by atoms with Gasteiger partial charge in [0, 0.05) is 44.3 Å². The van der Waals surface area contributed by atoms with E-state index in [-0.39, 0.29) is 11.3 Å². The van der Waals surface area contributed by atoms with Crippen LogP contribution >= 0.6 is 0 Å². The smallest absolute Gasteiger partial charge is 0.270 e. The fourth-order valence-electron chi connectivity index (χ4n) is 3.56. The van der Waals surface area contributed by atoms with E-state index in [2.05, 4.69) is 17.1 Å². The number of aryl methyl sites for hydroxylation is 3. The minimum Gasteiger partial charge on any atom is -0.445 e. The molecule has 6 nitrogen and oxygen atoms in total. The van der Waals surface area contributed by atoms with Crippen molar-refractivity contribution in [2.75, 3.05) is 6.54 Å². The Morgan fingerprint density at radius 2 is 1.96 bits per heavy atom. The second-order valence-corrected chi connectivity index (χ2v) is 7.22. The predicted molar refractivity (Wildman–Crippen MR) is 105 cm³/mol. The molecule has 0 bridgehead atoms. The summed E-state index contributed by atoms with van der Waals surface area (Å²) in [6, 6.07) is 13.2. The fourth-order valence-corrected chi connectivity index (χ4v) is 3.56. The van der Waals surface area contributed by atoms with Crippen molar-refractivity contribution < 1.29 is 9.21 Å². The highest BCUT2D eigenvalue weighted by atomic mass is 16.4. The van der Waals surface area contributed by atoms with Gasteiger partial charge < -0.3 is 13.9 Å². The summed E-state index contributed by atoms with van der Waals surface area (Å²) in [7, 11) is 1.80. The Morgan fingerprint density at radius 3 is 2.75 bits per heavy atom. The summed E-state index contributed by atoms with van der Waals surface area (Å²) in [6.45, 7) is 2.79. The highest BCUT2D eigenvalue weighted by Crippen LogP contribution is 2.22. The van der Waals surface area contributed by atoms with Gasteiger partial charge in [-0.05, 0) is 18.9 Å². The Bertz CT molecular complexity index is 1070. The standard InChI is InChI=1S/C22H23N3O3/c1-15-12-17(26)13-19(24(15)2)22(27)25-11-10-20-18(14-25)23-21(28-20)9-8-16-6-4-3-5-7-16/h3-7,12-13H,8-11,14H2,1-2H3. The van der Waals surface area contributed by atoms with E-state index in [4.69, 9.17) is 4.42 Å². The number of carbonyl (C=O) groups excluding carboxylic acids is 1. The number of oxazole rings is 1. The third-order valence-electron chi connectivity index (χ3n) is 5.27. The molecule has 0 radical (unpaired) electrons. The number of rotatable bonds is 4. The summed E-state index contributed by atoms with van der Waals surface area (Å²) < 4.78 is 7.68. The Morgan fingerprint density at radius 1 is 1.18 bits per heavy atom. The summed E-state index contributed by atoms with van der Waals surface area (Å²) in [6.07, 6.45) is 2.24. The van der Waals surface area contributed by atoms with Gasteiger partial charge in [-0.25, -0.2) is 4.98 Å². The van der Waals surface area contributed by atoms with E-state index in [1.165, 1.54) is 17.7 Å². The molecule has 6 heteroatoms. The lowest BCUT2D eigenvalue weighted by Crippen LogP contribution is -2.37. The van der Waals surface area contributed by atoms with E-state index in [1.807, 2.05) is 25.1 Å². The van der Waals surface area contributed by atoms with Crippen LogP contribution in [0.25, 0.3) is 0 Å². The predicted octanol–water partition coefficient (Wildman–Crippen LogP) is 2.67. The van der Waals surface area contributed by atoms with Crippen LogP contribution in [0.3, 0.4) is 0 Å². The molecule has 0 spiro atoms. The van der Waals surface area contributed by atoms with E-state index in [0.717, 1.165) is 30.0 Å². The lowest BCUT2D eigenvalue weighted by Gasteiger charge is -2.26. The second-order valence-electron chi connectivity index (χ2n) is 7.22. The molecule has 1 aromatic carbocycles. The molecule has 4 rings (SSSR count). The molecule has 0 atom stereocenters. The Kier molecular flexibility index (Phi) is 4.86. The first-order chi connectivity index (χ1) is 13.5. The van der Waals surface area contributed by atoms with Crippen LogP contribution in [-0.4, -0.2) is 26.9 Å². The van der Waals surface area contributed by atoms with Crippen molar-refractivity contribution in [3.8, 4) is 0 Å². The van der Waals surface area contributed by atoms with Gasteiger partial charge in [0.2, 0.25) is 0 Å². The highest BCUT2D eigenvalue weighted by Gasteiger charge is 2.27. The second kappa shape index (κ2) is 7.46. The van der Waals surface area contributed by atoms with Crippen LogP contribution in [0.1, 0.15) is 39.1 Å². The van der Waals surface area contributed by atoms with Gasteiger partial charge in [-0.2, -0.15) is 0 Å². The number of benzene rings is 1. The molecule has 1 aliphatic heterocycles. The lowest BCUT2D eigenvalue weighted by atomic mass is 10.1. The zero-order chi connectivity index (χ0) is 19.7. The van der Waals surface area contributed by atoms with Gasteiger partial charge >= 0.3 is 0 Å². The molecule has 28 heavy (non-hydrogen) atoms. The van der Waals surface area contributed by atoms with Crippen molar-refractivity contribution in [2.24, 2.45) is 7.05 Å². The monoisotopic (exact) mass is 377 g/mol. The third kappa shape index (κ3) is 3.63. The van der Waals surface area contributed by atoms with Crippen LogP contribution in [0.2, 0.25) is 0 Å². The molecule has 1 aliphatic rings. The summed E-state index contributed by atoms with van der Waals surface area (Å²) in [5.41, 5.74) is 3.08. The number of fused-ring (bicyclic) bond motifs is 1. The van der Waals surface area contributed by atoms with Crippen molar-refractivity contribution in [3.05, 3.63) is 87.0 Å². The maximum absolute atomic E-state index is 13.0. The van der Waals surface area contributed by atoms with Gasteiger partial charge in [0.15, 0.2) is 11.3 Å². The molecule has 0 saturated heterocycles. The Balaban J connectivity index is 1.48. The zero-order valence-electron chi connectivity index (χ0n) is 16.1. The Hall–Kier alpha value is -3.15. The summed E-state index contributed by atoms with van der Waals surface area (Å²) in [5.74, 6) is 1.43. The minimum absolute atomic E-state index is 0.150. The van der Waals surface area contributed by atoms with Crippen LogP contribution in [0.15, 0.2) is 51.7 Å². The van der Waals surface area contributed by atoms with Crippen LogP contribution < -0.4 is 5.43 Å². The van der Waals surface area contributed by atoms with E-state index in [0.29, 0.717) is 31.1 Å². The summed E-state index contributed by atoms with van der Waals surface area (Å²) in [5, 5.41) is 0. The molecular formula is C22H23N3O3. The van der Waals surface area contributed by atoms with E-state index in [9.17, 15) is 9.59 Å². The SMILES string of the molecule is Cc1cc(=O)cc(C(=O)N2CCc3oc(CCc4ccccc4)nc3C2)n1C. The normalized spacial score (nSPS) is 13.4. The number of nitrogens with zero attached hydrogens (tertiary/aromatic N) is 3. The Labute approximate surface area is 163 Å². The molecule has 144 valence electrons. The van der Waals surface area contributed by atoms with Crippen LogP contribution in [0.4, 0.5) is 0 Å². The van der Waals surface area contributed by atoms with Gasteiger partial charge in [-0.1, -0.05) is 30.3 Å². The number of aromatic nitrogens is 2. The van der Waals surface area contributed by atoms with E-state index < -0.39 is 0 Å². The van der Waals surface area contributed by atoms with Crippen LogP contribution in [0, 0.1) is 6.92 Å². The third-order valence-corrected chi connectivity index (χ3v) is 5.27. The van der Waals surface area contributed by atoms with Gasteiger partial charge in [0.1, 0.15) is 17.1 Å². The molecule has 0 unspecified atom stereocenters. The highest BCUT2D eigenvalue weighted by molar-refractivity contribution is 5.92. The van der Waals surface area contributed by atoms with Gasteiger partial charge in [0.05, 0.1) is 6.54 Å². The molecule has 0 fully saturated rings. The largest absolute Gasteiger partial charge is 0.445 e. The molecule has 0 saturated carbocycles. The van der Waals surface area contributed by atoms with Gasteiger partial charge in [0.25, 0.3) is 5.91 Å². The van der Waals surface area contributed by atoms with Gasteiger partial charge in [-0.15, -0.1) is 0 Å². The van der Waals surface area contributed by atoms with Crippen LogP contribution in [-0.2, 0) is 32.9 Å². The summed E-state index contributed by atoms with van der Waals surface area (Å²) >= 11 is 0. The molecule has 0 aliphatic carbocycles. The minimum atomic E-state index is -0.152. The maximum Gasteiger partial charge on any atom is 0.270 e. The number of hydrogen-bond acceptors (Lipinski definition) is 4. The first-order valence-electron chi connectivity index (χ1n) is 9.49. The molecule has 3 aromatic rings. The number of pyridine rings is 1. The molecule has 2 aromatic heterocycles. The molecule has 1 amide bonds. The van der Waals surface area contributed by atoms with E-state index >= 15 is 0 Å². The first-order valence-corrected chi connectivity index (χ1v) is 9.49. The molecular weight excluding hydrogens is 354 g/mol. The number of hydrogen-bond donors (Lipinski definition) is 0. The van der Waals surface area contributed by atoms with Crippen molar-refractivity contribution >= 4 is 5.91 Å². The number of carbonyl (C=O) groups is 1. The van der Waals surface area contributed by atoms with Crippen molar-refractivity contribution in [3.63, 3.8) is 0 Å². The summed E-state index contributed by atoms with van der Waals surface area (Å²) in [4.78, 5) is 31.1. The topological polar surface area (TPSA) is 68.3 Å². The van der Waals surface area contributed by atoms with Crippen LogP contribution in [0.5, 0.6) is 0 Å². The quantitative estimate of drug-likeness (QED) is 0.701. The average Bonchev–Trinajstić information content (AvgIpc) is 3.11. The maximum atomic E-state index is 13.0. The number of amides is 1. The van der Waals surface area contributed by atoms with Crippen molar-refractivity contribution in [2.45, 2.75) is 32.7 Å². The van der Waals surface area contributed by atoms with Gasteiger partial charge in [-0.3, -0.25) is 9.59 Å². The van der Waals surface area contributed by atoms with E-state index in [1.54, 1.807) is 16.5 Å². The average molecular weight is 377 g/mol. The van der Waals surface area contributed by atoms with Crippen molar-refractivity contribution in [1.29, 1.82) is 0 Å². The molecule has 0 N–H and O–H groups in total. The zero-order valence-corrected chi connectivity index (χ0v) is 16.1.